The van der Waals surface area contributed by atoms with E-state index in [-0.39, 0.29) is 12.4 Å². The van der Waals surface area contributed by atoms with Crippen LogP contribution in [0.3, 0.4) is 0 Å². The van der Waals surface area contributed by atoms with E-state index in [1.165, 1.54) is 0 Å². The predicted molar refractivity (Wildman–Crippen MR) is 71.9 cm³/mol. The van der Waals surface area contributed by atoms with Crippen LogP contribution in [0.25, 0.3) is 0 Å². The van der Waals surface area contributed by atoms with Crippen LogP contribution < -0.4 is 9.47 Å². The van der Waals surface area contributed by atoms with Gasteiger partial charge in [-0.15, -0.1) is 11.3 Å². The third-order valence-electron chi connectivity index (χ3n) is 2.89. The third-order valence-corrected chi connectivity index (χ3v) is 3.71. The summed E-state index contributed by atoms with van der Waals surface area (Å²) >= 11 is 1.55. The number of hydrogen-bond donors (Lipinski definition) is 0. The Hall–Kier alpha value is -1.88. The number of aromatic nitrogens is 1. The Morgan fingerprint density at radius 2 is 2.21 bits per heavy atom. The molecule has 2 aromatic rings. The van der Waals surface area contributed by atoms with Gasteiger partial charge in [0, 0.05) is 5.38 Å². The summed E-state index contributed by atoms with van der Waals surface area (Å²) < 4.78 is 11.2. The van der Waals surface area contributed by atoms with Crippen molar-refractivity contribution in [3.63, 3.8) is 0 Å². The second-order valence-electron chi connectivity index (χ2n) is 4.37. The molecule has 0 fully saturated rings. The van der Waals surface area contributed by atoms with E-state index in [2.05, 4.69) is 4.98 Å². The molecule has 0 amide bonds. The lowest BCUT2D eigenvalue weighted by molar-refractivity contribution is -0.127. The Bertz CT molecular complexity index is 608. The molecule has 0 saturated carbocycles. The molecule has 1 atom stereocenters. The lowest BCUT2D eigenvalue weighted by Crippen LogP contribution is -2.37. The van der Waals surface area contributed by atoms with Crippen molar-refractivity contribution in [1.29, 1.82) is 0 Å². The largest absolute Gasteiger partial charge is 0.485 e. The normalized spacial score (nSPS) is 17.2. The number of thiazole rings is 1. The van der Waals surface area contributed by atoms with Gasteiger partial charge >= 0.3 is 0 Å². The van der Waals surface area contributed by atoms with Gasteiger partial charge in [0.15, 0.2) is 23.4 Å². The molecule has 1 aliphatic heterocycles. The lowest BCUT2D eigenvalue weighted by atomic mass is 10.1. The summed E-state index contributed by atoms with van der Waals surface area (Å²) in [6, 6.07) is 7.38. The maximum absolute atomic E-state index is 12.1. The first kappa shape index (κ1) is 12.2. The maximum atomic E-state index is 12.1. The Balaban J connectivity index is 1.69. The predicted octanol–water partition coefficient (Wildman–Crippen LogP) is 2.40. The molecule has 1 aromatic heterocycles. The van der Waals surface area contributed by atoms with E-state index >= 15 is 0 Å². The zero-order valence-corrected chi connectivity index (χ0v) is 11.3. The Kier molecular flexibility index (Phi) is 3.21. The van der Waals surface area contributed by atoms with Gasteiger partial charge in [0.2, 0.25) is 0 Å². The molecule has 2 heterocycles. The molecule has 1 aliphatic rings. The first-order valence-electron chi connectivity index (χ1n) is 6.04. The van der Waals surface area contributed by atoms with Crippen molar-refractivity contribution in [2.24, 2.45) is 0 Å². The van der Waals surface area contributed by atoms with Crippen LogP contribution in [0.15, 0.2) is 29.6 Å². The van der Waals surface area contributed by atoms with Gasteiger partial charge in [-0.1, -0.05) is 12.1 Å². The number of rotatable bonds is 3. The number of Topliss-reactive ketones (excluding diaryl/α,β-unsaturated/α-hetero) is 1. The molecule has 3 rings (SSSR count). The van der Waals surface area contributed by atoms with Crippen molar-refractivity contribution in [1.82, 2.24) is 4.98 Å². The highest BCUT2D eigenvalue weighted by molar-refractivity contribution is 7.09. The minimum absolute atomic E-state index is 0.000182. The monoisotopic (exact) mass is 275 g/mol. The van der Waals surface area contributed by atoms with Gasteiger partial charge in [-0.25, -0.2) is 4.98 Å². The van der Waals surface area contributed by atoms with Crippen LogP contribution in [0, 0.1) is 6.92 Å². The van der Waals surface area contributed by atoms with Crippen molar-refractivity contribution in [3.05, 3.63) is 40.3 Å². The standard InChI is InChI=1S/C14H13NO3S/c1-9-15-10(8-19-9)6-11(16)14-7-17-12-4-2-3-5-13(12)18-14/h2-5,8,14H,6-7H2,1H3. The fourth-order valence-corrected chi connectivity index (χ4v) is 2.57. The number of fused-ring (bicyclic) bond motifs is 1. The molecular formula is C14H13NO3S. The van der Waals surface area contributed by atoms with Gasteiger partial charge < -0.3 is 9.47 Å². The van der Waals surface area contributed by atoms with Gasteiger partial charge in [-0.2, -0.15) is 0 Å². The van der Waals surface area contributed by atoms with Crippen LogP contribution >= 0.6 is 11.3 Å². The van der Waals surface area contributed by atoms with Crippen LogP contribution in [0.1, 0.15) is 10.7 Å². The molecule has 4 nitrogen and oxygen atoms in total. The zero-order valence-electron chi connectivity index (χ0n) is 10.5. The van der Waals surface area contributed by atoms with Crippen molar-refractivity contribution in [2.75, 3.05) is 6.61 Å². The van der Waals surface area contributed by atoms with E-state index in [4.69, 9.17) is 9.47 Å². The number of benzene rings is 1. The number of aryl methyl sites for hydroxylation is 1. The van der Waals surface area contributed by atoms with Gasteiger partial charge in [-0.3, -0.25) is 4.79 Å². The van der Waals surface area contributed by atoms with Crippen LogP contribution in [0.5, 0.6) is 11.5 Å². The summed E-state index contributed by atoms with van der Waals surface area (Å²) in [5.74, 6) is 1.32. The number of carbonyl (C=O) groups excluding carboxylic acids is 1. The minimum Gasteiger partial charge on any atom is -0.485 e. The fourth-order valence-electron chi connectivity index (χ4n) is 1.96. The van der Waals surface area contributed by atoms with Crippen LogP contribution in [-0.4, -0.2) is 23.5 Å². The van der Waals surface area contributed by atoms with E-state index in [0.717, 1.165) is 10.7 Å². The summed E-state index contributed by atoms with van der Waals surface area (Å²) in [6.07, 6.45) is -0.252. The number of carbonyl (C=O) groups is 1. The summed E-state index contributed by atoms with van der Waals surface area (Å²) in [5.41, 5.74) is 0.801. The topological polar surface area (TPSA) is 48.4 Å². The minimum atomic E-state index is -0.545. The highest BCUT2D eigenvalue weighted by atomic mass is 32.1. The average molecular weight is 275 g/mol. The second-order valence-corrected chi connectivity index (χ2v) is 5.43. The molecule has 5 heteroatoms. The summed E-state index contributed by atoms with van der Waals surface area (Å²) in [5, 5.41) is 2.87. The quantitative estimate of drug-likeness (QED) is 0.863. The number of nitrogens with zero attached hydrogens (tertiary/aromatic N) is 1. The zero-order chi connectivity index (χ0) is 13.2. The Morgan fingerprint density at radius 3 is 2.95 bits per heavy atom. The number of ether oxygens (including phenoxy) is 2. The summed E-state index contributed by atoms with van der Waals surface area (Å²) in [6.45, 7) is 2.19. The molecule has 0 radical (unpaired) electrons. The maximum Gasteiger partial charge on any atom is 0.191 e. The molecule has 1 aromatic carbocycles. The molecule has 0 saturated heterocycles. The summed E-state index contributed by atoms with van der Waals surface area (Å²) in [4.78, 5) is 16.4. The molecular weight excluding hydrogens is 262 g/mol. The third kappa shape index (κ3) is 2.61. The van der Waals surface area contributed by atoms with Crippen molar-refractivity contribution in [3.8, 4) is 11.5 Å². The molecule has 0 bridgehead atoms. The highest BCUT2D eigenvalue weighted by Gasteiger charge is 2.27. The lowest BCUT2D eigenvalue weighted by Gasteiger charge is -2.25. The van der Waals surface area contributed by atoms with E-state index in [1.54, 1.807) is 11.3 Å². The van der Waals surface area contributed by atoms with Crippen molar-refractivity contribution >= 4 is 17.1 Å². The van der Waals surface area contributed by atoms with Gasteiger partial charge in [0.1, 0.15) is 6.61 Å². The first-order valence-corrected chi connectivity index (χ1v) is 6.92. The van der Waals surface area contributed by atoms with Crippen molar-refractivity contribution < 1.29 is 14.3 Å². The van der Waals surface area contributed by atoms with E-state index in [1.807, 2.05) is 36.6 Å². The fraction of sp³-hybridized carbons (Fsp3) is 0.286. The summed E-state index contributed by atoms with van der Waals surface area (Å²) in [7, 11) is 0. The highest BCUT2D eigenvalue weighted by Crippen LogP contribution is 2.31. The molecule has 98 valence electrons. The number of hydrogen-bond acceptors (Lipinski definition) is 5. The number of ketones is 1. The Morgan fingerprint density at radius 1 is 1.42 bits per heavy atom. The van der Waals surface area contributed by atoms with Gasteiger partial charge in [0.25, 0.3) is 0 Å². The SMILES string of the molecule is Cc1nc(CC(=O)C2COc3ccccc3O2)cs1. The first-order chi connectivity index (χ1) is 9.22. The molecule has 0 aliphatic carbocycles. The molecule has 0 N–H and O–H groups in total. The second kappa shape index (κ2) is 5.01. The van der Waals surface area contributed by atoms with Crippen molar-refractivity contribution in [2.45, 2.75) is 19.4 Å². The van der Waals surface area contributed by atoms with E-state index < -0.39 is 6.10 Å². The molecule has 0 spiro atoms. The smallest absolute Gasteiger partial charge is 0.191 e. The Labute approximate surface area is 115 Å². The van der Waals surface area contributed by atoms with Gasteiger partial charge in [-0.05, 0) is 19.1 Å². The average Bonchev–Trinajstić information content (AvgIpc) is 2.83. The van der Waals surface area contributed by atoms with Crippen LogP contribution in [0.4, 0.5) is 0 Å². The van der Waals surface area contributed by atoms with Crippen LogP contribution in [0.2, 0.25) is 0 Å². The van der Waals surface area contributed by atoms with E-state index in [9.17, 15) is 4.79 Å². The number of para-hydroxylation sites is 2. The van der Waals surface area contributed by atoms with Crippen LogP contribution in [-0.2, 0) is 11.2 Å². The molecule has 19 heavy (non-hydrogen) atoms. The molecule has 1 unspecified atom stereocenters. The van der Waals surface area contributed by atoms with E-state index in [0.29, 0.717) is 17.9 Å². The van der Waals surface area contributed by atoms with Gasteiger partial charge in [0.05, 0.1) is 17.1 Å².